The van der Waals surface area contributed by atoms with Gasteiger partial charge in [0, 0.05) is 30.1 Å². The Hall–Kier alpha value is -2.71. The molecule has 1 aliphatic heterocycles. The van der Waals surface area contributed by atoms with Crippen LogP contribution in [0.2, 0.25) is 5.02 Å². The molecule has 4 rings (SSSR count). The second-order valence-electron chi connectivity index (χ2n) is 6.82. The van der Waals surface area contributed by atoms with Crippen molar-refractivity contribution in [3.05, 3.63) is 52.3 Å². The van der Waals surface area contributed by atoms with E-state index in [1.54, 1.807) is 29.4 Å². The minimum atomic E-state index is -0.160. The van der Waals surface area contributed by atoms with Crippen molar-refractivity contribution in [1.29, 1.82) is 0 Å². The molecule has 1 fully saturated rings. The Kier molecular flexibility index (Phi) is 5.64. The molecule has 0 aromatic carbocycles. The summed E-state index contributed by atoms with van der Waals surface area (Å²) in [6.07, 6.45) is 4.27. The number of piperidine rings is 1. The van der Waals surface area contributed by atoms with E-state index in [1.807, 2.05) is 13.0 Å². The molecule has 3 aromatic rings. The topological polar surface area (TPSA) is 88.3 Å². The summed E-state index contributed by atoms with van der Waals surface area (Å²) in [4.78, 5) is 36.6. The SMILES string of the molecule is Cc1sc(-c2ccco2)nc1C(=O)N1CCC(C(=O)Nc2ccc(Cl)cn2)CC1. The van der Waals surface area contributed by atoms with Crippen LogP contribution in [0.4, 0.5) is 5.82 Å². The lowest BCUT2D eigenvalue weighted by Crippen LogP contribution is -2.41. The first-order chi connectivity index (χ1) is 14.0. The number of rotatable bonds is 4. The van der Waals surface area contributed by atoms with Gasteiger partial charge >= 0.3 is 0 Å². The summed E-state index contributed by atoms with van der Waals surface area (Å²) in [5.74, 6) is 0.781. The summed E-state index contributed by atoms with van der Waals surface area (Å²) < 4.78 is 5.38. The molecule has 150 valence electrons. The molecule has 29 heavy (non-hydrogen) atoms. The van der Waals surface area contributed by atoms with Crippen LogP contribution in [-0.4, -0.2) is 39.8 Å². The van der Waals surface area contributed by atoms with Crippen LogP contribution in [0.15, 0.2) is 41.1 Å². The number of anilines is 1. The van der Waals surface area contributed by atoms with Crippen LogP contribution < -0.4 is 5.32 Å². The van der Waals surface area contributed by atoms with Crippen molar-refractivity contribution in [2.24, 2.45) is 5.92 Å². The first-order valence-corrected chi connectivity index (χ1v) is 10.4. The molecule has 2 amide bonds. The highest BCUT2D eigenvalue weighted by Gasteiger charge is 2.30. The number of thiazole rings is 1. The largest absolute Gasteiger partial charge is 0.462 e. The number of aryl methyl sites for hydroxylation is 1. The summed E-state index contributed by atoms with van der Waals surface area (Å²) in [6.45, 7) is 2.91. The number of furan rings is 1. The van der Waals surface area contributed by atoms with E-state index in [0.29, 0.717) is 53.2 Å². The molecule has 3 aromatic heterocycles. The highest BCUT2D eigenvalue weighted by molar-refractivity contribution is 7.15. The molecule has 0 unspecified atom stereocenters. The van der Waals surface area contributed by atoms with Crippen LogP contribution in [0.25, 0.3) is 10.8 Å². The van der Waals surface area contributed by atoms with Crippen molar-refractivity contribution < 1.29 is 14.0 Å². The molecule has 1 saturated heterocycles. The normalized spacial score (nSPS) is 14.8. The van der Waals surface area contributed by atoms with Crippen LogP contribution in [0.3, 0.4) is 0 Å². The number of amides is 2. The summed E-state index contributed by atoms with van der Waals surface area (Å²) in [6, 6.07) is 6.97. The zero-order valence-corrected chi connectivity index (χ0v) is 17.3. The molecule has 9 heteroatoms. The number of nitrogens with one attached hydrogen (secondary N) is 1. The molecule has 7 nitrogen and oxygen atoms in total. The Labute approximate surface area is 176 Å². The second-order valence-corrected chi connectivity index (χ2v) is 8.46. The number of hydrogen-bond acceptors (Lipinski definition) is 6. The van der Waals surface area contributed by atoms with Gasteiger partial charge < -0.3 is 14.6 Å². The van der Waals surface area contributed by atoms with Gasteiger partial charge in [-0.1, -0.05) is 11.6 Å². The molecule has 1 N–H and O–H groups in total. The third-order valence-electron chi connectivity index (χ3n) is 4.86. The number of likely N-dealkylation sites (tertiary alicyclic amines) is 1. The summed E-state index contributed by atoms with van der Waals surface area (Å²) in [7, 11) is 0. The number of halogens is 1. The van der Waals surface area contributed by atoms with E-state index < -0.39 is 0 Å². The minimum absolute atomic E-state index is 0.0862. The number of carbonyl (C=O) groups is 2. The number of pyridine rings is 1. The van der Waals surface area contributed by atoms with Crippen molar-refractivity contribution in [3.8, 4) is 10.8 Å². The standard InChI is InChI=1S/C20H19ClN4O3S/c1-12-17(24-19(29-12)15-3-2-10-28-15)20(27)25-8-6-13(7-9-25)18(26)23-16-5-4-14(21)11-22-16/h2-5,10-11,13H,6-9H2,1H3,(H,22,23,26). The zero-order chi connectivity index (χ0) is 20.4. The third kappa shape index (κ3) is 4.33. The predicted molar refractivity (Wildman–Crippen MR) is 111 cm³/mol. The van der Waals surface area contributed by atoms with Gasteiger partial charge in [-0.3, -0.25) is 9.59 Å². The molecule has 0 radical (unpaired) electrons. The first-order valence-electron chi connectivity index (χ1n) is 9.24. The fourth-order valence-corrected chi connectivity index (χ4v) is 4.26. The fourth-order valence-electron chi connectivity index (χ4n) is 3.27. The molecule has 0 saturated carbocycles. The molecule has 4 heterocycles. The quantitative estimate of drug-likeness (QED) is 0.668. The van der Waals surface area contributed by atoms with Crippen molar-refractivity contribution in [1.82, 2.24) is 14.9 Å². The fraction of sp³-hybridized carbons (Fsp3) is 0.300. The number of aromatic nitrogens is 2. The molecule has 0 spiro atoms. The Morgan fingerprint density at radius 1 is 1.28 bits per heavy atom. The summed E-state index contributed by atoms with van der Waals surface area (Å²) >= 11 is 7.25. The van der Waals surface area contributed by atoms with E-state index in [-0.39, 0.29) is 17.7 Å². The van der Waals surface area contributed by atoms with Crippen LogP contribution in [-0.2, 0) is 4.79 Å². The van der Waals surface area contributed by atoms with Gasteiger partial charge in [-0.15, -0.1) is 11.3 Å². The Morgan fingerprint density at radius 3 is 2.72 bits per heavy atom. The first kappa shape index (κ1) is 19.6. The van der Waals surface area contributed by atoms with Gasteiger partial charge in [0.1, 0.15) is 11.5 Å². The maximum atomic E-state index is 12.9. The zero-order valence-electron chi connectivity index (χ0n) is 15.7. The Bertz CT molecular complexity index is 1010. The predicted octanol–water partition coefficient (Wildman–Crippen LogP) is 4.25. The van der Waals surface area contributed by atoms with Crippen molar-refractivity contribution in [2.75, 3.05) is 18.4 Å². The van der Waals surface area contributed by atoms with Gasteiger partial charge in [-0.2, -0.15) is 0 Å². The highest BCUT2D eigenvalue weighted by atomic mass is 35.5. The lowest BCUT2D eigenvalue weighted by atomic mass is 9.95. The number of nitrogens with zero attached hydrogens (tertiary/aromatic N) is 3. The van der Waals surface area contributed by atoms with E-state index in [4.69, 9.17) is 16.0 Å². The average Bonchev–Trinajstić information content (AvgIpc) is 3.39. The van der Waals surface area contributed by atoms with Crippen LogP contribution in [0, 0.1) is 12.8 Å². The van der Waals surface area contributed by atoms with Gasteiger partial charge in [0.05, 0.1) is 11.3 Å². The molecule has 0 atom stereocenters. The Morgan fingerprint density at radius 2 is 2.07 bits per heavy atom. The van der Waals surface area contributed by atoms with Crippen LogP contribution in [0.5, 0.6) is 0 Å². The van der Waals surface area contributed by atoms with Crippen LogP contribution in [0.1, 0.15) is 28.2 Å². The monoisotopic (exact) mass is 430 g/mol. The molecular formula is C20H19ClN4O3S. The summed E-state index contributed by atoms with van der Waals surface area (Å²) in [5, 5.41) is 4.02. The molecule has 0 bridgehead atoms. The van der Waals surface area contributed by atoms with E-state index in [1.165, 1.54) is 17.5 Å². The van der Waals surface area contributed by atoms with Crippen molar-refractivity contribution >= 4 is 40.6 Å². The molecule has 1 aliphatic rings. The van der Waals surface area contributed by atoms with E-state index in [9.17, 15) is 9.59 Å². The number of carbonyl (C=O) groups excluding carboxylic acids is 2. The molecule has 0 aliphatic carbocycles. The lowest BCUT2D eigenvalue weighted by molar-refractivity contribution is -0.121. The third-order valence-corrected chi connectivity index (χ3v) is 6.07. The van der Waals surface area contributed by atoms with Crippen LogP contribution >= 0.6 is 22.9 Å². The van der Waals surface area contributed by atoms with Gasteiger partial charge in [0.25, 0.3) is 5.91 Å². The molecular weight excluding hydrogens is 412 g/mol. The van der Waals surface area contributed by atoms with E-state index in [2.05, 4.69) is 15.3 Å². The minimum Gasteiger partial charge on any atom is -0.462 e. The van der Waals surface area contributed by atoms with Gasteiger partial charge in [-0.05, 0) is 44.0 Å². The van der Waals surface area contributed by atoms with E-state index >= 15 is 0 Å². The maximum absolute atomic E-state index is 12.9. The smallest absolute Gasteiger partial charge is 0.273 e. The van der Waals surface area contributed by atoms with Gasteiger partial charge in [0.15, 0.2) is 10.8 Å². The Balaban J connectivity index is 1.36. The lowest BCUT2D eigenvalue weighted by Gasteiger charge is -2.31. The maximum Gasteiger partial charge on any atom is 0.273 e. The number of hydrogen-bond donors (Lipinski definition) is 1. The van der Waals surface area contributed by atoms with Crippen molar-refractivity contribution in [2.45, 2.75) is 19.8 Å². The highest BCUT2D eigenvalue weighted by Crippen LogP contribution is 2.29. The van der Waals surface area contributed by atoms with Crippen molar-refractivity contribution in [3.63, 3.8) is 0 Å². The van der Waals surface area contributed by atoms with Gasteiger partial charge in [0.2, 0.25) is 5.91 Å². The van der Waals surface area contributed by atoms with E-state index in [0.717, 1.165) is 4.88 Å². The summed E-state index contributed by atoms with van der Waals surface area (Å²) in [5.41, 5.74) is 0.453. The second kappa shape index (κ2) is 8.34. The average molecular weight is 431 g/mol. The van der Waals surface area contributed by atoms with Gasteiger partial charge in [-0.25, -0.2) is 9.97 Å².